The van der Waals surface area contributed by atoms with Crippen LogP contribution in [0.1, 0.15) is 43.4 Å². The van der Waals surface area contributed by atoms with Crippen molar-refractivity contribution in [2.45, 2.75) is 59.1 Å². The molecule has 138 valence electrons. The molecule has 1 saturated heterocycles. The number of imide groups is 1. The van der Waals surface area contributed by atoms with Crippen molar-refractivity contribution in [2.75, 3.05) is 13.2 Å². The van der Waals surface area contributed by atoms with Crippen molar-refractivity contribution in [1.82, 2.24) is 10.2 Å². The molecule has 2 rings (SSSR count). The second-order valence-electron chi connectivity index (χ2n) is 6.75. The Hall–Kier alpha value is -2.08. The predicted molar refractivity (Wildman–Crippen MR) is 95.7 cm³/mol. The van der Waals surface area contributed by atoms with Crippen molar-refractivity contribution in [2.24, 2.45) is 0 Å². The average Bonchev–Trinajstić information content (AvgIpc) is 2.83. The van der Waals surface area contributed by atoms with Gasteiger partial charge in [0.05, 0.1) is 6.54 Å². The molecule has 0 radical (unpaired) electrons. The quantitative estimate of drug-likeness (QED) is 0.742. The Morgan fingerprint density at radius 1 is 1.16 bits per heavy atom. The lowest BCUT2D eigenvalue weighted by atomic mass is 9.93. The number of nitrogens with zero attached hydrogens (tertiary/aromatic N) is 1. The molecule has 0 bridgehead atoms. The number of hydrogen-bond acceptors (Lipinski definition) is 4. The molecule has 6 heteroatoms. The van der Waals surface area contributed by atoms with Gasteiger partial charge >= 0.3 is 6.03 Å². The standard InChI is InChI=1S/C19H28N2O4/c1-6-19(7-2)17(23)21(18(24)20-19)10-15(22)11-25-16-13(4)9-8-12(3)14(16)5/h8-9,15,22H,6-7,10-11H2,1-5H3,(H,20,24)/t15-/m1/s1. The van der Waals surface area contributed by atoms with E-state index in [1.807, 2.05) is 46.8 Å². The number of β-amino-alcohol motifs (C(OH)–C–C–N with tert-alkyl or cyclic N) is 1. The van der Waals surface area contributed by atoms with Crippen LogP contribution in [-0.4, -0.2) is 46.7 Å². The van der Waals surface area contributed by atoms with Gasteiger partial charge in [-0.15, -0.1) is 0 Å². The monoisotopic (exact) mass is 348 g/mol. The number of aliphatic hydroxyl groups is 1. The normalized spacial score (nSPS) is 17.6. The average molecular weight is 348 g/mol. The van der Waals surface area contributed by atoms with Gasteiger partial charge in [0.1, 0.15) is 24.0 Å². The minimum absolute atomic E-state index is 0.0213. The second-order valence-corrected chi connectivity index (χ2v) is 6.75. The highest BCUT2D eigenvalue weighted by atomic mass is 16.5. The first kappa shape index (κ1) is 19.2. The maximum absolute atomic E-state index is 12.6. The van der Waals surface area contributed by atoms with E-state index in [0.717, 1.165) is 27.3 Å². The number of rotatable bonds is 7. The molecule has 6 nitrogen and oxygen atoms in total. The van der Waals surface area contributed by atoms with Crippen LogP contribution in [0, 0.1) is 20.8 Å². The molecule has 1 heterocycles. The number of carbonyl (C=O) groups excluding carboxylic acids is 2. The Bertz CT molecular complexity index is 668. The lowest BCUT2D eigenvalue weighted by Crippen LogP contribution is -2.46. The fourth-order valence-corrected chi connectivity index (χ4v) is 3.16. The van der Waals surface area contributed by atoms with E-state index < -0.39 is 17.7 Å². The zero-order valence-corrected chi connectivity index (χ0v) is 15.7. The molecule has 1 aromatic rings. The molecular formula is C19H28N2O4. The molecule has 0 aliphatic carbocycles. The number of amides is 3. The first-order chi connectivity index (χ1) is 11.8. The summed E-state index contributed by atoms with van der Waals surface area (Å²) in [6.45, 7) is 9.60. The van der Waals surface area contributed by atoms with Gasteiger partial charge in [-0.05, 0) is 50.3 Å². The molecule has 0 aromatic heterocycles. The van der Waals surface area contributed by atoms with Crippen molar-refractivity contribution in [3.05, 3.63) is 28.8 Å². The zero-order chi connectivity index (χ0) is 18.8. The third-order valence-corrected chi connectivity index (χ3v) is 5.14. The SMILES string of the molecule is CCC1(CC)NC(=O)N(C[C@@H](O)COc2c(C)ccc(C)c2C)C1=O. The molecule has 0 saturated carbocycles. The van der Waals surface area contributed by atoms with E-state index in [9.17, 15) is 14.7 Å². The van der Waals surface area contributed by atoms with Gasteiger partial charge in [0.25, 0.3) is 5.91 Å². The minimum Gasteiger partial charge on any atom is -0.490 e. The summed E-state index contributed by atoms with van der Waals surface area (Å²) in [4.78, 5) is 25.8. The van der Waals surface area contributed by atoms with Gasteiger partial charge in [0, 0.05) is 0 Å². The van der Waals surface area contributed by atoms with Crippen molar-refractivity contribution >= 4 is 11.9 Å². The van der Waals surface area contributed by atoms with Crippen molar-refractivity contribution in [1.29, 1.82) is 0 Å². The molecule has 0 unspecified atom stereocenters. The number of aryl methyl sites for hydroxylation is 2. The summed E-state index contributed by atoms with van der Waals surface area (Å²) in [6, 6.07) is 3.55. The molecule has 1 aliphatic heterocycles. The Balaban J connectivity index is 2.02. The number of benzene rings is 1. The lowest BCUT2D eigenvalue weighted by molar-refractivity contribution is -0.132. The van der Waals surface area contributed by atoms with Crippen LogP contribution in [0.2, 0.25) is 0 Å². The van der Waals surface area contributed by atoms with E-state index in [1.54, 1.807) is 0 Å². The van der Waals surface area contributed by atoms with Crippen LogP contribution in [0.5, 0.6) is 5.75 Å². The number of hydrogen-bond donors (Lipinski definition) is 2. The Kier molecular flexibility index (Phi) is 5.72. The first-order valence-corrected chi connectivity index (χ1v) is 8.77. The number of urea groups is 1. The van der Waals surface area contributed by atoms with Gasteiger partial charge in [-0.1, -0.05) is 26.0 Å². The summed E-state index contributed by atoms with van der Waals surface area (Å²) in [5, 5.41) is 13.0. The predicted octanol–water partition coefficient (Wildman–Crippen LogP) is 2.46. The summed E-state index contributed by atoms with van der Waals surface area (Å²) < 4.78 is 5.78. The van der Waals surface area contributed by atoms with Crippen molar-refractivity contribution < 1.29 is 19.4 Å². The number of carbonyl (C=O) groups is 2. The molecule has 1 fully saturated rings. The topological polar surface area (TPSA) is 78.9 Å². The number of nitrogens with one attached hydrogen (secondary N) is 1. The molecule has 1 aromatic carbocycles. The fourth-order valence-electron chi connectivity index (χ4n) is 3.16. The molecular weight excluding hydrogens is 320 g/mol. The van der Waals surface area contributed by atoms with Crippen LogP contribution in [0.3, 0.4) is 0 Å². The Labute approximate surface area is 149 Å². The van der Waals surface area contributed by atoms with Crippen LogP contribution < -0.4 is 10.1 Å². The Morgan fingerprint density at radius 2 is 1.76 bits per heavy atom. The summed E-state index contributed by atoms with van der Waals surface area (Å²) in [5.41, 5.74) is 2.28. The van der Waals surface area contributed by atoms with Gasteiger partial charge in [0.15, 0.2) is 0 Å². The third kappa shape index (κ3) is 3.63. The minimum atomic E-state index is -0.946. The van der Waals surface area contributed by atoms with Crippen LogP contribution in [0.4, 0.5) is 4.79 Å². The smallest absolute Gasteiger partial charge is 0.325 e. The van der Waals surface area contributed by atoms with E-state index in [-0.39, 0.29) is 19.1 Å². The van der Waals surface area contributed by atoms with Gasteiger partial charge in [-0.25, -0.2) is 4.79 Å². The van der Waals surface area contributed by atoms with Crippen molar-refractivity contribution in [3.8, 4) is 5.75 Å². The van der Waals surface area contributed by atoms with E-state index in [4.69, 9.17) is 4.74 Å². The van der Waals surface area contributed by atoms with Gasteiger partial charge < -0.3 is 15.2 Å². The van der Waals surface area contributed by atoms with E-state index in [2.05, 4.69) is 5.32 Å². The van der Waals surface area contributed by atoms with Crippen LogP contribution in [0.25, 0.3) is 0 Å². The largest absolute Gasteiger partial charge is 0.490 e. The maximum Gasteiger partial charge on any atom is 0.325 e. The number of aliphatic hydroxyl groups excluding tert-OH is 1. The van der Waals surface area contributed by atoms with Crippen LogP contribution >= 0.6 is 0 Å². The van der Waals surface area contributed by atoms with Gasteiger partial charge in [-0.2, -0.15) is 0 Å². The molecule has 0 spiro atoms. The first-order valence-electron chi connectivity index (χ1n) is 8.77. The molecule has 1 atom stereocenters. The van der Waals surface area contributed by atoms with Crippen molar-refractivity contribution in [3.63, 3.8) is 0 Å². The van der Waals surface area contributed by atoms with Gasteiger partial charge in [-0.3, -0.25) is 9.69 Å². The second kappa shape index (κ2) is 7.44. The highest BCUT2D eigenvalue weighted by Gasteiger charge is 2.48. The van der Waals surface area contributed by atoms with Gasteiger partial charge in [0.2, 0.25) is 0 Å². The summed E-state index contributed by atoms with van der Waals surface area (Å²) in [7, 11) is 0. The van der Waals surface area contributed by atoms with E-state index in [1.165, 1.54) is 0 Å². The lowest BCUT2D eigenvalue weighted by Gasteiger charge is -2.24. The van der Waals surface area contributed by atoms with Crippen LogP contribution in [0.15, 0.2) is 12.1 Å². The molecule has 1 aliphatic rings. The van der Waals surface area contributed by atoms with E-state index >= 15 is 0 Å². The molecule has 3 amide bonds. The zero-order valence-electron chi connectivity index (χ0n) is 15.7. The summed E-state index contributed by atoms with van der Waals surface area (Å²) in [5.74, 6) is 0.470. The fraction of sp³-hybridized carbons (Fsp3) is 0.579. The highest BCUT2D eigenvalue weighted by Crippen LogP contribution is 2.27. The summed E-state index contributed by atoms with van der Waals surface area (Å²) >= 11 is 0. The highest BCUT2D eigenvalue weighted by molar-refractivity contribution is 6.07. The van der Waals surface area contributed by atoms with Crippen LogP contribution in [-0.2, 0) is 4.79 Å². The Morgan fingerprint density at radius 3 is 2.32 bits per heavy atom. The van der Waals surface area contributed by atoms with E-state index in [0.29, 0.717) is 12.8 Å². The number of ether oxygens (including phenoxy) is 1. The molecule has 25 heavy (non-hydrogen) atoms. The maximum atomic E-state index is 12.6. The third-order valence-electron chi connectivity index (χ3n) is 5.14. The summed E-state index contributed by atoms with van der Waals surface area (Å²) in [6.07, 6.45) is 0.107. The molecule has 2 N–H and O–H groups in total.